The van der Waals surface area contributed by atoms with Gasteiger partial charge in [-0.25, -0.2) is 18.4 Å². The summed E-state index contributed by atoms with van der Waals surface area (Å²) in [5, 5.41) is 19.8. The van der Waals surface area contributed by atoms with E-state index >= 15 is 0 Å². The molecule has 0 bridgehead atoms. The average molecular weight is 262 g/mol. The van der Waals surface area contributed by atoms with Crippen LogP contribution in [0.15, 0.2) is 0 Å². The lowest BCUT2D eigenvalue weighted by atomic mass is 10.3. The van der Waals surface area contributed by atoms with E-state index < -0.39 is 43.5 Å². The monoisotopic (exact) mass is 262 g/mol. The highest BCUT2D eigenvalue weighted by Crippen LogP contribution is 2.21. The van der Waals surface area contributed by atoms with Gasteiger partial charge in [-0.1, -0.05) is 0 Å². The molecule has 0 saturated carbocycles. The molecule has 17 heavy (non-hydrogen) atoms. The van der Waals surface area contributed by atoms with E-state index in [0.29, 0.717) is 0 Å². The third-order valence-electron chi connectivity index (χ3n) is 1.59. The number of halogens is 4. The number of carboxylic acid groups (broad SMARTS) is 1. The number of urea groups is 1. The molecule has 100 valence electrons. The fraction of sp³-hybridized carbons (Fsp3) is 0.714. The third kappa shape index (κ3) is 5.33. The molecule has 0 spiro atoms. The van der Waals surface area contributed by atoms with E-state index in [2.05, 4.69) is 0 Å². The van der Waals surface area contributed by atoms with E-state index in [0.717, 1.165) is 0 Å². The van der Waals surface area contributed by atoms with Crippen LogP contribution in [0.2, 0.25) is 0 Å². The molecule has 0 aliphatic heterocycles. The van der Waals surface area contributed by atoms with E-state index in [1.807, 2.05) is 0 Å². The van der Waals surface area contributed by atoms with Gasteiger partial charge in [0.1, 0.15) is 0 Å². The summed E-state index contributed by atoms with van der Waals surface area (Å²) in [4.78, 5) is 21.1. The molecule has 4 N–H and O–H groups in total. The first-order valence-corrected chi connectivity index (χ1v) is 4.24. The Bertz CT molecular complexity index is 287. The van der Waals surface area contributed by atoms with Gasteiger partial charge in [0, 0.05) is 0 Å². The number of amides is 2. The quantitative estimate of drug-likeness (QED) is 0.491. The number of rotatable bonds is 6. The van der Waals surface area contributed by atoms with Crippen molar-refractivity contribution in [2.45, 2.75) is 18.4 Å². The maximum absolute atomic E-state index is 12.3. The molecule has 1 unspecified atom stereocenters. The zero-order chi connectivity index (χ0) is 13.6. The molecule has 0 aromatic heterocycles. The van der Waals surface area contributed by atoms with Crippen LogP contribution in [0.5, 0.6) is 0 Å². The highest BCUT2D eigenvalue weighted by atomic mass is 19.3. The van der Waals surface area contributed by atoms with E-state index in [-0.39, 0.29) is 0 Å². The van der Waals surface area contributed by atoms with Gasteiger partial charge in [-0.15, -0.1) is 0 Å². The number of carboxylic acids is 1. The third-order valence-corrected chi connectivity index (χ3v) is 1.59. The Hall–Kier alpha value is -1.58. The van der Waals surface area contributed by atoms with Crippen molar-refractivity contribution < 1.29 is 37.4 Å². The van der Waals surface area contributed by atoms with E-state index in [9.17, 15) is 27.2 Å². The summed E-state index contributed by atoms with van der Waals surface area (Å²) in [5.41, 5.74) is 0. The van der Waals surface area contributed by atoms with Crippen LogP contribution in [0.3, 0.4) is 0 Å². The number of carbonyl (C=O) groups excluding carboxylic acids is 1. The summed E-state index contributed by atoms with van der Waals surface area (Å²) >= 11 is 0. The van der Waals surface area contributed by atoms with Crippen molar-refractivity contribution >= 4 is 12.0 Å². The van der Waals surface area contributed by atoms with Gasteiger partial charge in [0.05, 0.1) is 13.2 Å². The molecule has 0 heterocycles. The molecule has 0 rings (SSSR count). The second-order valence-corrected chi connectivity index (χ2v) is 2.96. The number of aliphatic carboxylic acids is 1. The smallest absolute Gasteiger partial charge is 0.328 e. The summed E-state index contributed by atoms with van der Waals surface area (Å²) in [6.45, 7) is -2.61. The molecular formula is C7H10F4N2O4. The molecular weight excluding hydrogens is 252 g/mol. The Morgan fingerprint density at radius 3 is 2.18 bits per heavy atom. The number of hydrogen-bond acceptors (Lipinski definition) is 3. The highest BCUT2D eigenvalue weighted by molar-refractivity contribution is 5.82. The van der Waals surface area contributed by atoms with Gasteiger partial charge in [-0.3, -0.25) is 0 Å². The van der Waals surface area contributed by atoms with Crippen LogP contribution in [0.1, 0.15) is 0 Å². The van der Waals surface area contributed by atoms with Crippen LogP contribution in [0.25, 0.3) is 0 Å². The van der Waals surface area contributed by atoms with Crippen molar-refractivity contribution in [3.63, 3.8) is 0 Å². The zero-order valence-corrected chi connectivity index (χ0v) is 8.29. The molecule has 2 amide bonds. The predicted octanol–water partition coefficient (Wildman–Crippen LogP) is -0.369. The molecule has 1 atom stereocenters. The van der Waals surface area contributed by atoms with E-state index in [1.54, 1.807) is 5.32 Å². The van der Waals surface area contributed by atoms with Crippen molar-refractivity contribution in [1.29, 1.82) is 0 Å². The highest BCUT2D eigenvalue weighted by Gasteiger charge is 2.41. The summed E-state index contributed by atoms with van der Waals surface area (Å²) in [6, 6.07) is -3.10. The number of nitrogens with one attached hydrogen (secondary N) is 2. The van der Waals surface area contributed by atoms with Gasteiger partial charge in [-0.2, -0.15) is 8.78 Å². The first kappa shape index (κ1) is 15.4. The molecule has 0 fully saturated rings. The zero-order valence-electron chi connectivity index (χ0n) is 8.29. The largest absolute Gasteiger partial charge is 0.480 e. The average Bonchev–Trinajstić information content (AvgIpc) is 2.22. The molecule has 6 nitrogen and oxygen atoms in total. The first-order valence-electron chi connectivity index (χ1n) is 4.24. The number of aliphatic hydroxyl groups excluding tert-OH is 1. The normalized spacial score (nSPS) is 13.3. The minimum absolute atomic E-state index is 0.964. The fourth-order valence-corrected chi connectivity index (χ4v) is 0.670. The second kappa shape index (κ2) is 6.23. The first-order chi connectivity index (χ1) is 7.70. The summed E-state index contributed by atoms with van der Waals surface area (Å²) in [5.74, 6) is -6.00. The van der Waals surface area contributed by atoms with Crippen LogP contribution < -0.4 is 10.6 Å². The fourth-order valence-electron chi connectivity index (χ4n) is 0.670. The minimum Gasteiger partial charge on any atom is -0.480 e. The minimum atomic E-state index is -4.41. The van der Waals surface area contributed by atoms with Crippen molar-refractivity contribution in [3.8, 4) is 0 Å². The van der Waals surface area contributed by atoms with Crippen LogP contribution >= 0.6 is 0 Å². The SMILES string of the molecule is O=C(NCC(F)(F)C(F)F)NC(CO)C(=O)O. The maximum atomic E-state index is 12.3. The molecule has 0 aromatic carbocycles. The molecule has 0 aliphatic carbocycles. The number of hydrogen-bond donors (Lipinski definition) is 4. The van der Waals surface area contributed by atoms with Gasteiger partial charge in [0.15, 0.2) is 6.04 Å². The Balaban J connectivity index is 4.16. The summed E-state index contributed by atoms with van der Waals surface area (Å²) in [7, 11) is 0. The van der Waals surface area contributed by atoms with Crippen LogP contribution in [0, 0.1) is 0 Å². The van der Waals surface area contributed by atoms with E-state index in [4.69, 9.17) is 10.2 Å². The Kier molecular flexibility index (Phi) is 5.65. The van der Waals surface area contributed by atoms with Crippen molar-refractivity contribution in [3.05, 3.63) is 0 Å². The Labute approximate surface area is 92.6 Å². The molecule has 0 saturated heterocycles. The predicted molar refractivity (Wildman–Crippen MR) is 46.0 cm³/mol. The van der Waals surface area contributed by atoms with Crippen molar-refractivity contribution in [1.82, 2.24) is 10.6 Å². The van der Waals surface area contributed by atoms with E-state index in [1.165, 1.54) is 5.32 Å². The van der Waals surface area contributed by atoms with Gasteiger partial charge >= 0.3 is 24.3 Å². The molecule has 0 aliphatic rings. The van der Waals surface area contributed by atoms with Crippen molar-refractivity contribution in [2.24, 2.45) is 0 Å². The standard InChI is InChI=1S/C7H10F4N2O4/c8-5(9)7(10,11)2-12-6(17)13-3(1-14)4(15)16/h3,5,14H,1-2H2,(H,15,16)(H2,12,13,17). The lowest BCUT2D eigenvalue weighted by molar-refractivity contribution is -0.140. The molecule has 0 radical (unpaired) electrons. The van der Waals surface area contributed by atoms with Crippen LogP contribution in [-0.2, 0) is 4.79 Å². The lowest BCUT2D eigenvalue weighted by Crippen LogP contribution is -2.51. The second-order valence-electron chi connectivity index (χ2n) is 2.96. The Morgan fingerprint density at radius 2 is 1.82 bits per heavy atom. The van der Waals surface area contributed by atoms with Gasteiger partial charge in [-0.05, 0) is 0 Å². The number of carbonyl (C=O) groups is 2. The molecule has 10 heteroatoms. The van der Waals surface area contributed by atoms with Gasteiger partial charge < -0.3 is 20.8 Å². The van der Waals surface area contributed by atoms with Crippen LogP contribution in [0.4, 0.5) is 22.4 Å². The maximum Gasteiger partial charge on any atom is 0.328 e. The van der Waals surface area contributed by atoms with Crippen molar-refractivity contribution in [2.75, 3.05) is 13.2 Å². The summed E-state index contributed by atoms with van der Waals surface area (Å²) in [6.07, 6.45) is -3.95. The topological polar surface area (TPSA) is 98.7 Å². The molecule has 0 aromatic rings. The van der Waals surface area contributed by atoms with Gasteiger partial charge in [0.25, 0.3) is 0 Å². The number of alkyl halides is 4. The lowest BCUT2D eigenvalue weighted by Gasteiger charge is -2.17. The number of aliphatic hydroxyl groups is 1. The Morgan fingerprint density at radius 1 is 1.29 bits per heavy atom. The van der Waals surface area contributed by atoms with Gasteiger partial charge in [0.2, 0.25) is 0 Å². The summed E-state index contributed by atoms with van der Waals surface area (Å²) < 4.78 is 48.0. The van der Waals surface area contributed by atoms with Crippen LogP contribution in [-0.4, -0.2) is 53.8 Å².